The quantitative estimate of drug-likeness (QED) is 0.0717. The molecule has 0 amide bonds. The third kappa shape index (κ3) is 14.9. The molecule has 0 saturated carbocycles. The van der Waals surface area contributed by atoms with E-state index in [1.54, 1.807) is 0 Å². The normalized spacial score (nSPS) is 11.3. The van der Waals surface area contributed by atoms with Crippen LogP contribution >= 0.6 is 0 Å². The highest BCUT2D eigenvalue weighted by molar-refractivity contribution is 5.66. The Morgan fingerprint density at radius 3 is 0.848 bits per heavy atom. The molecular weight excluding hydrogens is 576 g/mol. The third-order valence-electron chi connectivity index (χ3n) is 7.29. The molecule has 0 saturated heterocycles. The Bertz CT molecular complexity index is 987. The second kappa shape index (κ2) is 24.9. The summed E-state index contributed by atoms with van der Waals surface area (Å²) >= 11 is 0. The molecule has 6 heteroatoms. The van der Waals surface area contributed by atoms with Gasteiger partial charge in [-0.05, 0) is 73.9 Å². The molecule has 0 spiro atoms. The number of rotatable bonds is 27. The molecule has 46 heavy (non-hydrogen) atoms. The van der Waals surface area contributed by atoms with Gasteiger partial charge < -0.3 is 28.4 Å². The molecule has 0 unspecified atom stereocenters. The van der Waals surface area contributed by atoms with E-state index in [9.17, 15) is 0 Å². The number of hydrogen-bond donors (Lipinski definition) is 0. The second-order valence-corrected chi connectivity index (χ2v) is 11.6. The van der Waals surface area contributed by atoms with Crippen molar-refractivity contribution in [1.29, 1.82) is 0 Å². The molecule has 2 rings (SSSR count). The molecule has 258 valence electrons. The van der Waals surface area contributed by atoms with Crippen molar-refractivity contribution in [1.82, 2.24) is 0 Å². The van der Waals surface area contributed by atoms with E-state index in [1.165, 1.54) is 0 Å². The van der Waals surface area contributed by atoms with Gasteiger partial charge in [0.05, 0.1) is 39.6 Å². The summed E-state index contributed by atoms with van der Waals surface area (Å²) in [6.07, 6.45) is 20.6. The van der Waals surface area contributed by atoms with Gasteiger partial charge in [-0.25, -0.2) is 0 Å². The highest BCUT2D eigenvalue weighted by Crippen LogP contribution is 2.41. The lowest BCUT2D eigenvalue weighted by Gasteiger charge is -2.18. The van der Waals surface area contributed by atoms with Crippen LogP contribution in [0.2, 0.25) is 0 Å². The zero-order valence-corrected chi connectivity index (χ0v) is 29.8. The Morgan fingerprint density at radius 2 is 0.609 bits per heavy atom. The van der Waals surface area contributed by atoms with Gasteiger partial charge in [-0.3, -0.25) is 0 Å². The maximum Gasteiger partial charge on any atom is 0.203 e. The summed E-state index contributed by atoms with van der Waals surface area (Å²) in [5.41, 5.74) is 2.00. The standard InChI is InChI=1S/C40H62O6/c1-7-13-23-41-35-29-33(30-36(42-24-14-8-2)39(35)45-27-17-11-5)21-19-20-22-34-31-37(43-25-15-9-3)40(46-28-18-12-6)38(32-34)44-26-16-10-4/h19-22,29-32H,7-18,23-28H2,1-6H3. The zero-order valence-electron chi connectivity index (χ0n) is 29.8. The lowest BCUT2D eigenvalue weighted by Crippen LogP contribution is -2.06. The summed E-state index contributed by atoms with van der Waals surface area (Å²) in [5.74, 6) is 4.38. The molecule has 0 aliphatic rings. The van der Waals surface area contributed by atoms with Gasteiger partial charge in [-0.15, -0.1) is 0 Å². The first-order valence-corrected chi connectivity index (χ1v) is 18.1. The minimum absolute atomic E-state index is 0.638. The molecule has 0 N–H and O–H groups in total. The molecule has 0 aliphatic carbocycles. The predicted molar refractivity (Wildman–Crippen MR) is 193 cm³/mol. The van der Waals surface area contributed by atoms with Gasteiger partial charge in [0.1, 0.15) is 0 Å². The van der Waals surface area contributed by atoms with E-state index < -0.39 is 0 Å². The van der Waals surface area contributed by atoms with Crippen LogP contribution in [-0.4, -0.2) is 39.6 Å². The summed E-state index contributed by atoms with van der Waals surface area (Å²) in [6.45, 7) is 16.9. The first-order chi connectivity index (χ1) is 22.6. The monoisotopic (exact) mass is 638 g/mol. The zero-order chi connectivity index (χ0) is 33.2. The van der Waals surface area contributed by atoms with Crippen LogP contribution in [0.5, 0.6) is 34.5 Å². The lowest BCUT2D eigenvalue weighted by atomic mass is 10.1. The Labute approximate surface area is 280 Å². The van der Waals surface area contributed by atoms with Crippen LogP contribution in [0, 0.1) is 0 Å². The molecule has 0 heterocycles. The molecule has 0 aliphatic heterocycles. The van der Waals surface area contributed by atoms with Crippen molar-refractivity contribution in [3.63, 3.8) is 0 Å². The van der Waals surface area contributed by atoms with Crippen molar-refractivity contribution in [2.75, 3.05) is 39.6 Å². The number of allylic oxidation sites excluding steroid dienone is 2. The van der Waals surface area contributed by atoms with Crippen molar-refractivity contribution in [3.8, 4) is 34.5 Å². The molecule has 0 bridgehead atoms. The van der Waals surface area contributed by atoms with E-state index in [-0.39, 0.29) is 0 Å². The molecule has 6 nitrogen and oxygen atoms in total. The smallest absolute Gasteiger partial charge is 0.203 e. The van der Waals surface area contributed by atoms with Crippen molar-refractivity contribution in [3.05, 3.63) is 47.5 Å². The summed E-state index contributed by atoms with van der Waals surface area (Å²) < 4.78 is 37.4. The highest BCUT2D eigenvalue weighted by Gasteiger charge is 2.17. The van der Waals surface area contributed by atoms with Crippen LogP contribution in [0.1, 0.15) is 130 Å². The van der Waals surface area contributed by atoms with Gasteiger partial charge in [0, 0.05) is 0 Å². The van der Waals surface area contributed by atoms with Crippen LogP contribution < -0.4 is 28.4 Å². The molecule has 0 atom stereocenters. The molecular formula is C40H62O6. The SMILES string of the molecule is CCCCOc1cc(C=CC=Cc2cc(OCCCC)c(OCCCC)c(OCCCC)c2)cc(OCCCC)c1OCCCC. The number of benzene rings is 2. The Morgan fingerprint density at radius 1 is 0.370 bits per heavy atom. The summed E-state index contributed by atoms with van der Waals surface area (Å²) in [5, 5.41) is 0. The fourth-order valence-electron chi connectivity index (χ4n) is 4.38. The number of unbranched alkanes of at least 4 members (excludes halogenated alkanes) is 6. The Balaban J connectivity index is 2.40. The first-order valence-electron chi connectivity index (χ1n) is 18.1. The molecule has 0 radical (unpaired) electrons. The lowest BCUT2D eigenvalue weighted by molar-refractivity contribution is 0.237. The van der Waals surface area contributed by atoms with Gasteiger partial charge in [0.25, 0.3) is 0 Å². The van der Waals surface area contributed by atoms with E-state index in [0.717, 1.165) is 111 Å². The average molecular weight is 639 g/mol. The fourth-order valence-corrected chi connectivity index (χ4v) is 4.38. The highest BCUT2D eigenvalue weighted by atomic mass is 16.5. The van der Waals surface area contributed by atoms with Crippen molar-refractivity contribution >= 4 is 12.2 Å². The van der Waals surface area contributed by atoms with Crippen molar-refractivity contribution in [2.24, 2.45) is 0 Å². The minimum Gasteiger partial charge on any atom is -0.490 e. The van der Waals surface area contributed by atoms with Crippen molar-refractivity contribution < 1.29 is 28.4 Å². The Kier molecular flexibility index (Phi) is 21.0. The van der Waals surface area contributed by atoms with E-state index in [0.29, 0.717) is 51.1 Å². The molecule has 2 aromatic rings. The van der Waals surface area contributed by atoms with Gasteiger partial charge in [-0.2, -0.15) is 0 Å². The topological polar surface area (TPSA) is 55.4 Å². The molecule has 2 aromatic carbocycles. The van der Waals surface area contributed by atoms with E-state index >= 15 is 0 Å². The van der Waals surface area contributed by atoms with Gasteiger partial charge in [-0.1, -0.05) is 104 Å². The minimum atomic E-state index is 0.638. The van der Waals surface area contributed by atoms with Crippen LogP contribution in [0.15, 0.2) is 36.4 Å². The third-order valence-corrected chi connectivity index (χ3v) is 7.29. The van der Waals surface area contributed by atoms with Crippen LogP contribution in [0.4, 0.5) is 0 Å². The van der Waals surface area contributed by atoms with Crippen LogP contribution in [0.3, 0.4) is 0 Å². The predicted octanol–water partition coefficient (Wildman–Crippen LogP) is 11.5. The van der Waals surface area contributed by atoms with Crippen molar-refractivity contribution in [2.45, 2.75) is 119 Å². The molecule has 0 fully saturated rings. The fraction of sp³-hybridized carbons (Fsp3) is 0.600. The van der Waals surface area contributed by atoms with Crippen LogP contribution in [-0.2, 0) is 0 Å². The maximum atomic E-state index is 6.23. The number of ether oxygens (including phenoxy) is 6. The summed E-state index contributed by atoms with van der Waals surface area (Å²) in [6, 6.07) is 8.21. The van der Waals surface area contributed by atoms with Gasteiger partial charge >= 0.3 is 0 Å². The number of hydrogen-bond acceptors (Lipinski definition) is 6. The maximum absolute atomic E-state index is 6.23. The van der Waals surface area contributed by atoms with E-state index in [4.69, 9.17) is 28.4 Å². The van der Waals surface area contributed by atoms with E-state index in [2.05, 4.69) is 78.0 Å². The van der Waals surface area contributed by atoms with Gasteiger partial charge in [0.15, 0.2) is 23.0 Å². The summed E-state index contributed by atoms with van der Waals surface area (Å²) in [4.78, 5) is 0. The largest absolute Gasteiger partial charge is 0.490 e. The van der Waals surface area contributed by atoms with Gasteiger partial charge in [0.2, 0.25) is 11.5 Å². The second-order valence-electron chi connectivity index (χ2n) is 11.6. The Hall–Kier alpha value is -3.28. The van der Waals surface area contributed by atoms with E-state index in [1.807, 2.05) is 12.2 Å². The van der Waals surface area contributed by atoms with Crippen LogP contribution in [0.25, 0.3) is 12.2 Å². The summed E-state index contributed by atoms with van der Waals surface area (Å²) in [7, 11) is 0. The first kappa shape index (κ1) is 38.9. The average Bonchev–Trinajstić information content (AvgIpc) is 3.05. The molecule has 0 aromatic heterocycles.